The van der Waals surface area contributed by atoms with Gasteiger partial charge < -0.3 is 11.6 Å². The molecule has 5 heteroatoms. The molecule has 0 amide bonds. The molecule has 0 aromatic rings. The molecule has 0 heterocycles. The standard InChI is InChI=1S/C12H16O4.Na.H/c13-9(14)11-2-7-1-8(4-11)5-12(3-7,6-11)10(15)16;;/h7-8H,1-6H2,(H,13,14)(H,15,16);;/q;+1;-1. The van der Waals surface area contributed by atoms with Crippen molar-refractivity contribution in [1.82, 2.24) is 0 Å². The van der Waals surface area contributed by atoms with Crippen molar-refractivity contribution >= 4 is 11.9 Å². The smallest absolute Gasteiger partial charge is 1.00 e. The summed E-state index contributed by atoms with van der Waals surface area (Å²) >= 11 is 0. The Morgan fingerprint density at radius 1 is 0.941 bits per heavy atom. The molecule has 0 radical (unpaired) electrons. The van der Waals surface area contributed by atoms with E-state index in [1.807, 2.05) is 0 Å². The molecule has 4 aliphatic rings. The maximum absolute atomic E-state index is 11.4. The number of rotatable bonds is 2. The second-order valence-corrected chi connectivity index (χ2v) is 6.13. The molecule has 4 fully saturated rings. The van der Waals surface area contributed by atoms with Gasteiger partial charge in [0.2, 0.25) is 0 Å². The Hall–Kier alpha value is -0.0600. The zero-order chi connectivity index (χ0) is 11.6. The fraction of sp³-hybridized carbons (Fsp3) is 0.833. The molecule has 0 aromatic heterocycles. The quantitative estimate of drug-likeness (QED) is 0.606. The fourth-order valence-electron chi connectivity index (χ4n) is 4.76. The van der Waals surface area contributed by atoms with Crippen molar-refractivity contribution in [2.24, 2.45) is 22.7 Å². The summed E-state index contributed by atoms with van der Waals surface area (Å²) in [5, 5.41) is 18.8. The summed E-state index contributed by atoms with van der Waals surface area (Å²) in [5.41, 5.74) is -1.44. The SMILES string of the molecule is O=C(O)C12CC3CC(C1)CC(C(=O)O)(C3)C2.[H-].[Na+]. The molecule has 0 aliphatic heterocycles. The van der Waals surface area contributed by atoms with Crippen LogP contribution in [-0.2, 0) is 9.59 Å². The Morgan fingerprint density at radius 3 is 1.59 bits per heavy atom. The van der Waals surface area contributed by atoms with Gasteiger partial charge in [0.25, 0.3) is 0 Å². The van der Waals surface area contributed by atoms with E-state index in [0.717, 1.165) is 6.42 Å². The Labute approximate surface area is 124 Å². The molecular weight excluding hydrogens is 231 g/mol. The van der Waals surface area contributed by atoms with E-state index >= 15 is 0 Å². The summed E-state index contributed by atoms with van der Waals surface area (Å²) in [5.74, 6) is -0.888. The van der Waals surface area contributed by atoms with Gasteiger partial charge >= 0.3 is 41.5 Å². The van der Waals surface area contributed by atoms with Crippen LogP contribution in [0.25, 0.3) is 0 Å². The van der Waals surface area contributed by atoms with E-state index in [1.165, 1.54) is 0 Å². The van der Waals surface area contributed by atoms with Gasteiger partial charge in [-0.2, -0.15) is 0 Å². The van der Waals surface area contributed by atoms with Crippen molar-refractivity contribution in [1.29, 1.82) is 0 Å². The molecule has 2 N–H and O–H groups in total. The number of aliphatic carboxylic acids is 2. The van der Waals surface area contributed by atoms with Gasteiger partial charge in [0.1, 0.15) is 0 Å². The molecule has 0 atom stereocenters. The maximum atomic E-state index is 11.4. The van der Waals surface area contributed by atoms with Crippen molar-refractivity contribution in [3.8, 4) is 0 Å². The Kier molecular flexibility index (Phi) is 3.12. The van der Waals surface area contributed by atoms with Crippen LogP contribution in [0.4, 0.5) is 0 Å². The van der Waals surface area contributed by atoms with Gasteiger partial charge in [-0.1, -0.05) is 0 Å². The zero-order valence-corrected chi connectivity index (χ0v) is 12.1. The molecule has 0 unspecified atom stereocenters. The van der Waals surface area contributed by atoms with E-state index in [2.05, 4.69) is 0 Å². The van der Waals surface area contributed by atoms with Crippen LogP contribution in [0, 0.1) is 22.7 Å². The van der Waals surface area contributed by atoms with Crippen LogP contribution in [0.3, 0.4) is 0 Å². The molecule has 4 bridgehead atoms. The second-order valence-electron chi connectivity index (χ2n) is 6.13. The average Bonchev–Trinajstić information content (AvgIpc) is 2.14. The van der Waals surface area contributed by atoms with Crippen LogP contribution < -0.4 is 29.6 Å². The first-order chi connectivity index (χ1) is 7.46. The minimum atomic E-state index is -0.771. The van der Waals surface area contributed by atoms with Crippen LogP contribution in [0.2, 0.25) is 0 Å². The molecule has 4 rings (SSSR count). The zero-order valence-electron chi connectivity index (χ0n) is 11.1. The molecule has 90 valence electrons. The molecular formula is C12H17NaO4. The van der Waals surface area contributed by atoms with Gasteiger partial charge in [0.15, 0.2) is 0 Å². The first-order valence-electron chi connectivity index (χ1n) is 5.93. The number of hydrogen-bond acceptors (Lipinski definition) is 2. The molecule has 0 aromatic carbocycles. The van der Waals surface area contributed by atoms with Gasteiger partial charge in [-0.15, -0.1) is 0 Å². The minimum Gasteiger partial charge on any atom is -1.00 e. The summed E-state index contributed by atoms with van der Waals surface area (Å²) in [7, 11) is 0. The van der Waals surface area contributed by atoms with Crippen LogP contribution in [-0.4, -0.2) is 22.2 Å². The predicted octanol–water partition coefficient (Wildman–Crippen LogP) is -1.14. The Bertz CT molecular complexity index is 338. The third kappa shape index (κ3) is 1.76. The normalized spacial score (nSPS) is 46.4. The number of carbonyl (C=O) groups is 2. The van der Waals surface area contributed by atoms with Gasteiger partial charge in [0, 0.05) is 0 Å². The molecule has 4 saturated carbocycles. The van der Waals surface area contributed by atoms with E-state index in [1.54, 1.807) is 0 Å². The monoisotopic (exact) mass is 248 g/mol. The van der Waals surface area contributed by atoms with Gasteiger partial charge in [-0.25, -0.2) is 0 Å². The van der Waals surface area contributed by atoms with Gasteiger partial charge in [-0.05, 0) is 50.4 Å². The van der Waals surface area contributed by atoms with E-state index in [-0.39, 0.29) is 31.0 Å². The topological polar surface area (TPSA) is 74.6 Å². The largest absolute Gasteiger partial charge is 1.00 e. The van der Waals surface area contributed by atoms with Crippen molar-refractivity contribution in [2.75, 3.05) is 0 Å². The average molecular weight is 248 g/mol. The molecule has 4 aliphatic carbocycles. The summed E-state index contributed by atoms with van der Waals surface area (Å²) in [6.07, 6.45) is 4.21. The van der Waals surface area contributed by atoms with Crippen molar-refractivity contribution < 1.29 is 50.8 Å². The van der Waals surface area contributed by atoms with E-state index in [4.69, 9.17) is 0 Å². The fourth-order valence-corrected chi connectivity index (χ4v) is 4.76. The van der Waals surface area contributed by atoms with Gasteiger partial charge in [-0.3, -0.25) is 9.59 Å². The first-order valence-corrected chi connectivity index (χ1v) is 5.93. The summed E-state index contributed by atoms with van der Waals surface area (Å²) in [4.78, 5) is 22.8. The van der Waals surface area contributed by atoms with Crippen LogP contribution in [0.1, 0.15) is 40.0 Å². The third-order valence-corrected chi connectivity index (χ3v) is 4.97. The van der Waals surface area contributed by atoms with Crippen molar-refractivity contribution in [3.63, 3.8) is 0 Å². The number of carboxylic acids is 2. The molecule has 0 saturated heterocycles. The number of carboxylic acid groups (broad SMARTS) is 2. The maximum Gasteiger partial charge on any atom is 1.00 e. The van der Waals surface area contributed by atoms with Gasteiger partial charge in [0.05, 0.1) is 10.8 Å². The van der Waals surface area contributed by atoms with Crippen molar-refractivity contribution in [2.45, 2.75) is 38.5 Å². The summed E-state index contributed by atoms with van der Waals surface area (Å²) in [6, 6.07) is 0. The summed E-state index contributed by atoms with van der Waals surface area (Å²) in [6.45, 7) is 0. The molecule has 4 nitrogen and oxygen atoms in total. The third-order valence-electron chi connectivity index (χ3n) is 4.97. The van der Waals surface area contributed by atoms with Crippen LogP contribution in [0.15, 0.2) is 0 Å². The van der Waals surface area contributed by atoms with E-state index in [9.17, 15) is 19.8 Å². The predicted molar refractivity (Wildman–Crippen MR) is 55.9 cm³/mol. The molecule has 17 heavy (non-hydrogen) atoms. The second kappa shape index (κ2) is 3.97. The van der Waals surface area contributed by atoms with E-state index in [0.29, 0.717) is 43.9 Å². The summed E-state index contributed by atoms with van der Waals surface area (Å²) < 4.78 is 0. The van der Waals surface area contributed by atoms with Crippen molar-refractivity contribution in [3.05, 3.63) is 0 Å². The Balaban J connectivity index is 0.000000810. The number of hydrogen-bond donors (Lipinski definition) is 2. The van der Waals surface area contributed by atoms with Crippen LogP contribution >= 0.6 is 0 Å². The minimum absolute atomic E-state index is 0. The first kappa shape index (κ1) is 13.4. The van der Waals surface area contributed by atoms with E-state index < -0.39 is 22.8 Å². The Morgan fingerprint density at radius 2 is 1.29 bits per heavy atom. The van der Waals surface area contributed by atoms with Crippen LogP contribution in [0.5, 0.6) is 0 Å². The molecule has 0 spiro atoms.